The Morgan fingerprint density at radius 1 is 1.32 bits per heavy atom. The molecule has 0 aliphatic rings. The van der Waals surface area contributed by atoms with Gasteiger partial charge in [0.25, 0.3) is 10.0 Å². The van der Waals surface area contributed by atoms with Gasteiger partial charge in [0.15, 0.2) is 0 Å². The van der Waals surface area contributed by atoms with Crippen LogP contribution in [0.1, 0.15) is 10.4 Å². The van der Waals surface area contributed by atoms with E-state index in [9.17, 15) is 13.2 Å². The van der Waals surface area contributed by atoms with Crippen LogP contribution in [0, 0.1) is 0 Å². The average Bonchev–Trinajstić information content (AvgIpc) is 2.77. The molecule has 19 heavy (non-hydrogen) atoms. The van der Waals surface area contributed by atoms with Gasteiger partial charge in [0, 0.05) is 18.9 Å². The summed E-state index contributed by atoms with van der Waals surface area (Å²) in [4.78, 5) is 10.7. The van der Waals surface area contributed by atoms with Crippen LogP contribution in [-0.4, -0.2) is 29.3 Å². The standard InChI is InChI=1S/C11H11N3O4S/c1-14-7-10(6-12-14)19(17,18)13-9-4-2-8(3-5-9)11(15)16/h2-7,13H,1H3,(H,15,16). The van der Waals surface area contributed by atoms with Crippen molar-refractivity contribution < 1.29 is 18.3 Å². The minimum absolute atomic E-state index is 0.0392. The van der Waals surface area contributed by atoms with Crippen LogP contribution >= 0.6 is 0 Å². The summed E-state index contributed by atoms with van der Waals surface area (Å²) in [6.45, 7) is 0. The molecule has 2 aromatic rings. The molecule has 1 heterocycles. The van der Waals surface area contributed by atoms with Crippen LogP contribution in [0.25, 0.3) is 0 Å². The predicted molar refractivity (Wildman–Crippen MR) is 67.4 cm³/mol. The zero-order valence-corrected chi connectivity index (χ0v) is 10.8. The van der Waals surface area contributed by atoms with E-state index in [0.29, 0.717) is 0 Å². The Morgan fingerprint density at radius 3 is 2.42 bits per heavy atom. The van der Waals surface area contributed by atoms with Crippen molar-refractivity contribution in [2.45, 2.75) is 4.90 Å². The number of benzene rings is 1. The number of aryl methyl sites for hydroxylation is 1. The molecule has 0 saturated heterocycles. The number of aromatic nitrogens is 2. The largest absolute Gasteiger partial charge is 0.478 e. The zero-order valence-electron chi connectivity index (χ0n) is 9.94. The van der Waals surface area contributed by atoms with Gasteiger partial charge in [-0.15, -0.1) is 0 Å². The number of hydrogen-bond acceptors (Lipinski definition) is 4. The van der Waals surface area contributed by atoms with E-state index in [1.54, 1.807) is 7.05 Å². The van der Waals surface area contributed by atoms with E-state index >= 15 is 0 Å². The van der Waals surface area contributed by atoms with Gasteiger partial charge >= 0.3 is 5.97 Å². The van der Waals surface area contributed by atoms with Crippen molar-refractivity contribution in [3.63, 3.8) is 0 Å². The molecule has 1 aromatic heterocycles. The van der Waals surface area contributed by atoms with Crippen LogP contribution in [0.2, 0.25) is 0 Å². The highest BCUT2D eigenvalue weighted by Gasteiger charge is 2.16. The number of sulfonamides is 1. The first-order valence-corrected chi connectivity index (χ1v) is 6.71. The van der Waals surface area contributed by atoms with Gasteiger partial charge in [-0.25, -0.2) is 13.2 Å². The molecule has 0 unspecified atom stereocenters. The number of carboxylic acid groups (broad SMARTS) is 1. The lowest BCUT2D eigenvalue weighted by molar-refractivity contribution is 0.0697. The molecular weight excluding hydrogens is 270 g/mol. The van der Waals surface area contributed by atoms with Crippen molar-refractivity contribution in [3.05, 3.63) is 42.2 Å². The van der Waals surface area contributed by atoms with Gasteiger partial charge in [-0.05, 0) is 24.3 Å². The maximum Gasteiger partial charge on any atom is 0.335 e. The number of rotatable bonds is 4. The lowest BCUT2D eigenvalue weighted by Crippen LogP contribution is -2.12. The van der Waals surface area contributed by atoms with Gasteiger partial charge in [-0.2, -0.15) is 5.10 Å². The predicted octanol–water partition coefficient (Wildman–Crippen LogP) is 0.919. The van der Waals surface area contributed by atoms with Gasteiger partial charge in [0.1, 0.15) is 4.90 Å². The fraction of sp³-hybridized carbons (Fsp3) is 0.0909. The minimum Gasteiger partial charge on any atom is -0.478 e. The number of hydrogen-bond donors (Lipinski definition) is 2. The highest BCUT2D eigenvalue weighted by Crippen LogP contribution is 2.15. The van der Waals surface area contributed by atoms with Crippen molar-refractivity contribution in [1.29, 1.82) is 0 Å². The summed E-state index contributed by atoms with van der Waals surface area (Å²) in [6.07, 6.45) is 2.60. The van der Waals surface area contributed by atoms with Crippen molar-refractivity contribution in [2.75, 3.05) is 4.72 Å². The second-order valence-corrected chi connectivity index (χ2v) is 5.52. The summed E-state index contributed by atoms with van der Waals surface area (Å²) in [6, 6.07) is 5.42. The first kappa shape index (κ1) is 13.1. The third-order valence-corrected chi connectivity index (χ3v) is 3.71. The molecule has 8 heteroatoms. The third-order valence-electron chi connectivity index (χ3n) is 2.38. The van der Waals surface area contributed by atoms with E-state index in [1.165, 1.54) is 41.3 Å². The van der Waals surface area contributed by atoms with Crippen molar-refractivity contribution in [1.82, 2.24) is 9.78 Å². The van der Waals surface area contributed by atoms with Gasteiger partial charge in [-0.3, -0.25) is 9.40 Å². The molecule has 0 aliphatic heterocycles. The van der Waals surface area contributed by atoms with Crippen LogP contribution in [0.3, 0.4) is 0 Å². The lowest BCUT2D eigenvalue weighted by atomic mass is 10.2. The van der Waals surface area contributed by atoms with Crippen LogP contribution in [0.5, 0.6) is 0 Å². The molecule has 0 bridgehead atoms. The van der Waals surface area contributed by atoms with Gasteiger partial charge < -0.3 is 5.11 Å². The highest BCUT2D eigenvalue weighted by atomic mass is 32.2. The van der Waals surface area contributed by atoms with Crippen molar-refractivity contribution in [3.8, 4) is 0 Å². The number of anilines is 1. The maximum absolute atomic E-state index is 12.0. The molecule has 1 aromatic carbocycles. The molecule has 0 aliphatic carbocycles. The number of nitrogens with one attached hydrogen (secondary N) is 1. The number of carboxylic acids is 1. The molecule has 0 amide bonds. The number of carbonyl (C=O) groups is 1. The SMILES string of the molecule is Cn1cc(S(=O)(=O)Nc2ccc(C(=O)O)cc2)cn1. The first-order valence-electron chi connectivity index (χ1n) is 5.23. The quantitative estimate of drug-likeness (QED) is 0.867. The summed E-state index contributed by atoms with van der Waals surface area (Å²) < 4.78 is 27.6. The summed E-state index contributed by atoms with van der Waals surface area (Å²) >= 11 is 0. The van der Waals surface area contributed by atoms with Crippen molar-refractivity contribution >= 4 is 21.7 Å². The molecule has 0 spiro atoms. The van der Waals surface area contributed by atoms with E-state index in [-0.39, 0.29) is 16.1 Å². The third kappa shape index (κ3) is 2.91. The molecule has 0 saturated carbocycles. The second-order valence-electron chi connectivity index (χ2n) is 3.84. The van der Waals surface area contributed by atoms with E-state index in [4.69, 9.17) is 5.11 Å². The topological polar surface area (TPSA) is 101 Å². The van der Waals surface area contributed by atoms with Crippen LogP contribution in [-0.2, 0) is 17.1 Å². The summed E-state index contributed by atoms with van der Waals surface area (Å²) in [5.74, 6) is -1.07. The molecule has 0 atom stereocenters. The van der Waals surface area contributed by atoms with Gasteiger partial charge in [-0.1, -0.05) is 0 Å². The van der Waals surface area contributed by atoms with E-state index in [0.717, 1.165) is 0 Å². The average molecular weight is 281 g/mol. The smallest absolute Gasteiger partial charge is 0.335 e. The Morgan fingerprint density at radius 2 is 1.95 bits per heavy atom. The molecule has 2 N–H and O–H groups in total. The lowest BCUT2D eigenvalue weighted by Gasteiger charge is -2.06. The summed E-state index contributed by atoms with van der Waals surface area (Å²) in [5, 5.41) is 12.5. The normalized spacial score (nSPS) is 11.2. The van der Waals surface area contributed by atoms with Crippen LogP contribution in [0.15, 0.2) is 41.6 Å². The van der Waals surface area contributed by atoms with E-state index < -0.39 is 16.0 Å². The van der Waals surface area contributed by atoms with Gasteiger partial charge in [0.05, 0.1) is 11.8 Å². The Bertz CT molecular complexity index is 704. The van der Waals surface area contributed by atoms with Crippen LogP contribution in [0.4, 0.5) is 5.69 Å². The number of aromatic carboxylic acids is 1. The van der Waals surface area contributed by atoms with Crippen LogP contribution < -0.4 is 4.72 Å². The zero-order chi connectivity index (χ0) is 14.0. The molecule has 7 nitrogen and oxygen atoms in total. The van der Waals surface area contributed by atoms with E-state index in [2.05, 4.69) is 9.82 Å². The Kier molecular flexibility index (Phi) is 3.26. The highest BCUT2D eigenvalue weighted by molar-refractivity contribution is 7.92. The monoisotopic (exact) mass is 281 g/mol. The number of nitrogens with zero attached hydrogens (tertiary/aromatic N) is 2. The molecule has 2 rings (SSSR count). The fourth-order valence-electron chi connectivity index (χ4n) is 1.43. The summed E-state index contributed by atoms with van der Waals surface area (Å²) in [5.41, 5.74) is 0.373. The molecule has 0 fully saturated rings. The Labute approximate surface area is 109 Å². The molecule has 100 valence electrons. The second kappa shape index (κ2) is 4.73. The maximum atomic E-state index is 12.0. The molecular formula is C11H11N3O4S. The molecule has 0 radical (unpaired) electrons. The Balaban J connectivity index is 2.23. The summed E-state index contributed by atoms with van der Waals surface area (Å²) in [7, 11) is -2.09. The first-order chi connectivity index (χ1) is 8.88. The van der Waals surface area contributed by atoms with Crippen molar-refractivity contribution in [2.24, 2.45) is 7.05 Å². The minimum atomic E-state index is -3.71. The fourth-order valence-corrected chi connectivity index (χ4v) is 2.47. The Hall–Kier alpha value is -2.35. The van der Waals surface area contributed by atoms with Gasteiger partial charge in [0.2, 0.25) is 0 Å². The van der Waals surface area contributed by atoms with E-state index in [1.807, 2.05) is 0 Å².